The largest absolute Gasteiger partial charge is 0.468 e. The van der Waals surface area contributed by atoms with E-state index in [0.29, 0.717) is 34.7 Å². The second-order valence-corrected chi connectivity index (χ2v) is 12.0. The third kappa shape index (κ3) is 5.06. The second-order valence-electron chi connectivity index (χ2n) is 8.97. The molecule has 14 heteroatoms. The number of pyridine rings is 1. The van der Waals surface area contributed by atoms with Crippen molar-refractivity contribution in [3.63, 3.8) is 0 Å². The van der Waals surface area contributed by atoms with E-state index in [1.807, 2.05) is 11.8 Å². The van der Waals surface area contributed by atoms with Crippen LogP contribution in [-0.4, -0.2) is 58.2 Å². The van der Waals surface area contributed by atoms with Gasteiger partial charge in [0.2, 0.25) is 5.95 Å². The molecule has 1 fully saturated rings. The van der Waals surface area contributed by atoms with Crippen molar-refractivity contribution >= 4 is 49.9 Å². The first-order chi connectivity index (χ1) is 17.5. The molecule has 37 heavy (non-hydrogen) atoms. The number of aromatic nitrogens is 5. The van der Waals surface area contributed by atoms with Crippen LogP contribution in [0.4, 0.5) is 10.3 Å². The van der Waals surface area contributed by atoms with Gasteiger partial charge in [0, 0.05) is 72.1 Å². The number of sulfone groups is 1. The summed E-state index contributed by atoms with van der Waals surface area (Å²) < 4.78 is 43.7. The van der Waals surface area contributed by atoms with Gasteiger partial charge in [0.1, 0.15) is 15.5 Å². The molecule has 0 unspecified atom stereocenters. The van der Waals surface area contributed by atoms with E-state index in [-0.39, 0.29) is 39.1 Å². The molecule has 0 amide bonds. The molecular formula is C23H22Cl2FN7O3S. The zero-order chi connectivity index (χ0) is 26.5. The molecule has 1 aliphatic heterocycles. The van der Waals surface area contributed by atoms with E-state index in [1.54, 1.807) is 12.4 Å². The van der Waals surface area contributed by atoms with Crippen LogP contribution in [0.15, 0.2) is 36.9 Å². The summed E-state index contributed by atoms with van der Waals surface area (Å²) in [4.78, 5) is 14.7. The summed E-state index contributed by atoms with van der Waals surface area (Å²) in [5.41, 5.74) is 7.93. The van der Waals surface area contributed by atoms with Crippen LogP contribution in [0.25, 0.3) is 22.2 Å². The SMILES string of the molecule is C[C@@H]1[C@@H](CS(C)(=O)=O)CN1c1ncc(-c2n[nH]c3cc(F)c(O[C@H](N)c4c(Cl)cncc4Cl)cc23)cn1. The van der Waals surface area contributed by atoms with Gasteiger partial charge in [-0.1, -0.05) is 23.2 Å². The van der Waals surface area contributed by atoms with Crippen LogP contribution >= 0.6 is 23.2 Å². The van der Waals surface area contributed by atoms with Gasteiger partial charge in [0.15, 0.2) is 17.8 Å². The van der Waals surface area contributed by atoms with Crippen molar-refractivity contribution in [2.24, 2.45) is 11.7 Å². The monoisotopic (exact) mass is 565 g/mol. The Balaban J connectivity index is 1.39. The zero-order valence-corrected chi connectivity index (χ0v) is 22.0. The molecule has 1 saturated heterocycles. The van der Waals surface area contributed by atoms with Crippen LogP contribution in [-0.2, 0) is 9.84 Å². The number of aromatic amines is 1. The van der Waals surface area contributed by atoms with Gasteiger partial charge in [0.05, 0.1) is 21.3 Å². The standard InChI is InChI=1S/C23H22Cl2FN7O3S/c1-11-13(10-37(2,34)35)9-33(11)23-29-5-12(6-30-23)21-14-3-19(17(26)4-18(14)31-32-21)36-22(27)20-15(24)7-28-8-16(20)25/h3-8,11,13,22H,9-10,27H2,1-2H3,(H,31,32)/t11-,13-,22+/m1/s1. The van der Waals surface area contributed by atoms with Crippen molar-refractivity contribution in [1.29, 1.82) is 0 Å². The normalized spacial score (nSPS) is 18.6. The van der Waals surface area contributed by atoms with Crippen molar-refractivity contribution in [3.05, 3.63) is 58.3 Å². The molecule has 0 radical (unpaired) electrons. The van der Waals surface area contributed by atoms with Crippen molar-refractivity contribution in [2.45, 2.75) is 19.2 Å². The minimum atomic E-state index is -3.05. The van der Waals surface area contributed by atoms with Gasteiger partial charge in [0.25, 0.3) is 0 Å². The summed E-state index contributed by atoms with van der Waals surface area (Å²) in [7, 11) is -3.05. The Labute approximate surface area is 221 Å². The predicted molar refractivity (Wildman–Crippen MR) is 139 cm³/mol. The first kappa shape index (κ1) is 25.6. The Kier molecular flexibility index (Phi) is 6.69. The Bertz CT molecular complexity index is 1560. The van der Waals surface area contributed by atoms with E-state index in [4.69, 9.17) is 33.7 Å². The van der Waals surface area contributed by atoms with E-state index in [9.17, 15) is 12.8 Å². The summed E-state index contributed by atoms with van der Waals surface area (Å²) in [6.07, 6.45) is 6.06. The van der Waals surface area contributed by atoms with Crippen LogP contribution in [0.3, 0.4) is 0 Å². The zero-order valence-electron chi connectivity index (χ0n) is 19.7. The molecule has 1 aromatic carbocycles. The number of ether oxygens (including phenoxy) is 1. The fraction of sp³-hybridized carbons (Fsp3) is 0.304. The van der Waals surface area contributed by atoms with E-state index in [1.165, 1.54) is 30.8 Å². The number of nitrogens with zero attached hydrogens (tertiary/aromatic N) is 5. The van der Waals surface area contributed by atoms with Crippen LogP contribution in [0.1, 0.15) is 18.7 Å². The van der Waals surface area contributed by atoms with Gasteiger partial charge in [-0.05, 0) is 13.0 Å². The Hall–Kier alpha value is -3.06. The van der Waals surface area contributed by atoms with Gasteiger partial charge in [-0.15, -0.1) is 0 Å². The number of nitrogens with one attached hydrogen (secondary N) is 1. The minimum Gasteiger partial charge on any atom is -0.468 e. The maximum absolute atomic E-state index is 14.8. The molecule has 10 nitrogen and oxygen atoms in total. The summed E-state index contributed by atoms with van der Waals surface area (Å²) in [6.45, 7) is 2.51. The number of H-pyrrole nitrogens is 1. The third-order valence-corrected chi connectivity index (χ3v) is 7.97. The Morgan fingerprint density at radius 2 is 1.89 bits per heavy atom. The number of nitrogens with two attached hydrogens (primary N) is 1. The highest BCUT2D eigenvalue weighted by molar-refractivity contribution is 7.90. The fourth-order valence-electron chi connectivity index (χ4n) is 4.34. The molecule has 4 heterocycles. The van der Waals surface area contributed by atoms with Crippen LogP contribution in [0, 0.1) is 11.7 Å². The van der Waals surface area contributed by atoms with E-state index >= 15 is 0 Å². The highest BCUT2D eigenvalue weighted by Crippen LogP contribution is 2.35. The molecule has 3 atom stereocenters. The van der Waals surface area contributed by atoms with E-state index < -0.39 is 21.9 Å². The molecule has 3 N–H and O–H groups in total. The summed E-state index contributed by atoms with van der Waals surface area (Å²) in [5, 5.41) is 8.06. The first-order valence-corrected chi connectivity index (χ1v) is 14.0. The summed E-state index contributed by atoms with van der Waals surface area (Å²) in [6, 6.07) is 2.73. The lowest BCUT2D eigenvalue weighted by atomic mass is 9.92. The van der Waals surface area contributed by atoms with Crippen molar-refractivity contribution in [2.75, 3.05) is 23.5 Å². The molecule has 0 spiro atoms. The number of benzene rings is 1. The third-order valence-electron chi connectivity index (χ3n) is 6.33. The highest BCUT2D eigenvalue weighted by atomic mass is 35.5. The lowest BCUT2D eigenvalue weighted by Gasteiger charge is -2.46. The van der Waals surface area contributed by atoms with Crippen LogP contribution < -0.4 is 15.4 Å². The maximum Gasteiger partial charge on any atom is 0.225 e. The number of fused-ring (bicyclic) bond motifs is 1. The lowest BCUT2D eigenvalue weighted by Crippen LogP contribution is -2.57. The molecule has 0 saturated carbocycles. The quantitative estimate of drug-likeness (QED) is 0.320. The number of hydrogen-bond donors (Lipinski definition) is 2. The summed E-state index contributed by atoms with van der Waals surface area (Å²) >= 11 is 12.3. The predicted octanol–water partition coefficient (Wildman–Crippen LogP) is 3.77. The molecular weight excluding hydrogens is 544 g/mol. The maximum atomic E-state index is 14.8. The number of anilines is 1. The first-order valence-electron chi connectivity index (χ1n) is 11.2. The van der Waals surface area contributed by atoms with Crippen molar-refractivity contribution in [3.8, 4) is 17.0 Å². The average Bonchev–Trinajstić information content (AvgIpc) is 3.23. The highest BCUT2D eigenvalue weighted by Gasteiger charge is 2.38. The Morgan fingerprint density at radius 3 is 2.51 bits per heavy atom. The minimum absolute atomic E-state index is 0.00100. The van der Waals surface area contributed by atoms with Gasteiger partial charge in [-0.25, -0.2) is 22.8 Å². The molecule has 3 aromatic heterocycles. The number of rotatable bonds is 7. The molecule has 194 valence electrons. The Morgan fingerprint density at radius 1 is 1.22 bits per heavy atom. The molecule has 5 rings (SSSR count). The second kappa shape index (κ2) is 9.67. The van der Waals surface area contributed by atoms with Crippen LogP contribution in [0.2, 0.25) is 10.0 Å². The van der Waals surface area contributed by atoms with Gasteiger partial charge in [-0.2, -0.15) is 5.10 Å². The fourth-order valence-corrected chi connectivity index (χ4v) is 6.08. The van der Waals surface area contributed by atoms with Gasteiger partial charge >= 0.3 is 0 Å². The van der Waals surface area contributed by atoms with Gasteiger partial charge in [-0.3, -0.25) is 15.8 Å². The molecule has 4 aromatic rings. The van der Waals surface area contributed by atoms with E-state index in [2.05, 4.69) is 25.1 Å². The smallest absolute Gasteiger partial charge is 0.225 e. The average molecular weight is 566 g/mol. The molecule has 0 bridgehead atoms. The number of hydrogen-bond acceptors (Lipinski definition) is 9. The van der Waals surface area contributed by atoms with Gasteiger partial charge < -0.3 is 9.64 Å². The van der Waals surface area contributed by atoms with E-state index in [0.717, 1.165) is 0 Å². The number of halogens is 3. The lowest BCUT2D eigenvalue weighted by molar-refractivity contribution is 0.205. The topological polar surface area (TPSA) is 140 Å². The molecule has 1 aliphatic rings. The van der Waals surface area contributed by atoms with Crippen LogP contribution in [0.5, 0.6) is 5.75 Å². The van der Waals surface area contributed by atoms with Crippen molar-refractivity contribution < 1.29 is 17.5 Å². The molecule has 0 aliphatic carbocycles. The van der Waals surface area contributed by atoms with Crippen molar-refractivity contribution in [1.82, 2.24) is 25.1 Å². The summed E-state index contributed by atoms with van der Waals surface area (Å²) in [5.74, 6) is -0.110.